The molecule has 0 heterocycles. The molecule has 1 heteroatoms. The van der Waals surface area contributed by atoms with E-state index in [0.29, 0.717) is 0 Å². The molecule has 0 aromatic heterocycles. The summed E-state index contributed by atoms with van der Waals surface area (Å²) in [4.78, 5) is 0. The van der Waals surface area contributed by atoms with Gasteiger partial charge >= 0.3 is 0 Å². The van der Waals surface area contributed by atoms with E-state index < -0.39 is 0 Å². The smallest absolute Gasteiger partial charge is 0 e. The predicted molar refractivity (Wildman–Crippen MR) is 22.8 cm³/mol. The van der Waals surface area contributed by atoms with Crippen molar-refractivity contribution in [1.29, 1.82) is 0 Å². The van der Waals surface area contributed by atoms with Crippen LogP contribution in [-0.4, -0.2) is 0 Å². The van der Waals surface area contributed by atoms with Crippen molar-refractivity contribution in [2.75, 3.05) is 0 Å². The van der Waals surface area contributed by atoms with Crippen molar-refractivity contribution in [3.63, 3.8) is 0 Å². The Balaban J connectivity index is 0.000000250. The maximum atomic E-state index is 2.36. The fraction of sp³-hybridized carbons (Fsp3) is 0.800. The van der Waals surface area contributed by atoms with Crippen molar-refractivity contribution in [1.82, 2.24) is 0 Å². The molecule has 0 amide bonds. The molecule has 0 aromatic carbocycles. The Bertz CT molecular complexity index is 15.5. The van der Waals surface area contributed by atoms with E-state index in [0.717, 1.165) is 0 Å². The van der Waals surface area contributed by atoms with E-state index in [-0.39, 0.29) is 21.1 Å². The van der Waals surface area contributed by atoms with Crippen LogP contribution in [0.1, 0.15) is 25.7 Å². The first-order valence-corrected chi connectivity index (χ1v) is 2.32. The first kappa shape index (κ1) is 6.69. The van der Waals surface area contributed by atoms with Crippen LogP contribution in [0, 0.1) is 6.42 Å². The van der Waals surface area contributed by atoms with Crippen LogP contribution in [0.2, 0.25) is 0 Å². The molecule has 0 unspecified atom stereocenters. The molecule has 6 heavy (non-hydrogen) atoms. The van der Waals surface area contributed by atoms with Gasteiger partial charge in [0.25, 0.3) is 0 Å². The van der Waals surface area contributed by atoms with E-state index in [1.165, 1.54) is 25.7 Å². The largest absolute Gasteiger partial charge is 0.328 e. The Morgan fingerprint density at radius 3 is 1.67 bits per heavy atom. The summed E-state index contributed by atoms with van der Waals surface area (Å²) in [5, 5.41) is 0. The van der Waals surface area contributed by atoms with Crippen LogP contribution in [-0.2, 0) is 21.1 Å². The van der Waals surface area contributed by atoms with Crippen molar-refractivity contribution in [2.24, 2.45) is 0 Å². The van der Waals surface area contributed by atoms with Gasteiger partial charge in [-0.05, 0) is 0 Å². The van der Waals surface area contributed by atoms with E-state index in [1.807, 2.05) is 0 Å². The molecular weight excluding hydrogens is 255 g/mol. The predicted octanol–water partition coefficient (Wildman–Crippen LogP) is 1.76. The quantitative estimate of drug-likeness (QED) is 0.585. The summed E-state index contributed by atoms with van der Waals surface area (Å²) in [5.74, 6) is 0. The van der Waals surface area contributed by atoms with E-state index >= 15 is 0 Å². The molecule has 0 N–H and O–H groups in total. The van der Waals surface area contributed by atoms with Crippen LogP contribution in [0.3, 0.4) is 0 Å². The zero-order valence-electron chi connectivity index (χ0n) is 3.72. The Labute approximate surface area is 53.6 Å². The van der Waals surface area contributed by atoms with Gasteiger partial charge in [-0.25, -0.2) is 0 Å². The number of hydrogen-bond donors (Lipinski definition) is 0. The van der Waals surface area contributed by atoms with Gasteiger partial charge in [-0.2, -0.15) is 12.8 Å². The summed E-state index contributed by atoms with van der Waals surface area (Å²) in [5.41, 5.74) is 0. The van der Waals surface area contributed by atoms with Crippen molar-refractivity contribution in [3.05, 3.63) is 6.42 Å². The van der Waals surface area contributed by atoms with Crippen molar-refractivity contribution < 1.29 is 21.1 Å². The standard InChI is InChI=1S/C5H9.Pt/c1-2-4-5-3-1;/h1H,2-5H2;/q-1;. The molecule has 0 atom stereocenters. The second-order valence-electron chi connectivity index (χ2n) is 1.57. The molecule has 1 rings (SSSR count). The minimum Gasteiger partial charge on any atom is -0.328 e. The van der Waals surface area contributed by atoms with Crippen LogP contribution < -0.4 is 0 Å². The van der Waals surface area contributed by atoms with E-state index in [2.05, 4.69) is 6.42 Å². The van der Waals surface area contributed by atoms with Gasteiger partial charge in [-0.3, -0.25) is 0 Å². The Morgan fingerprint density at radius 2 is 1.50 bits per heavy atom. The number of rotatable bonds is 0. The zero-order chi connectivity index (χ0) is 3.54. The van der Waals surface area contributed by atoms with Crippen LogP contribution in [0.25, 0.3) is 0 Å². The molecule has 0 nitrogen and oxygen atoms in total. The molecule has 40 valence electrons. The van der Waals surface area contributed by atoms with Crippen LogP contribution in [0.15, 0.2) is 0 Å². The van der Waals surface area contributed by atoms with Gasteiger partial charge in [0.2, 0.25) is 0 Å². The van der Waals surface area contributed by atoms with E-state index in [4.69, 9.17) is 0 Å². The minimum absolute atomic E-state index is 0. The fourth-order valence-electron chi connectivity index (χ4n) is 0.722. The average Bonchev–Trinajstić information content (AvgIpc) is 1.76. The monoisotopic (exact) mass is 264 g/mol. The van der Waals surface area contributed by atoms with Crippen LogP contribution in [0.5, 0.6) is 0 Å². The fourth-order valence-corrected chi connectivity index (χ4v) is 0.722. The molecule has 0 aliphatic heterocycles. The molecule has 1 saturated carbocycles. The molecule has 0 spiro atoms. The molecule has 0 bridgehead atoms. The van der Waals surface area contributed by atoms with Gasteiger partial charge in [-0.15, -0.1) is 0 Å². The van der Waals surface area contributed by atoms with Gasteiger partial charge in [0, 0.05) is 21.1 Å². The minimum atomic E-state index is 0. The average molecular weight is 264 g/mol. The molecule has 0 aromatic rings. The van der Waals surface area contributed by atoms with Gasteiger partial charge < -0.3 is 6.42 Å². The maximum Gasteiger partial charge on any atom is 0 e. The molecule has 1 fully saturated rings. The van der Waals surface area contributed by atoms with Gasteiger partial charge in [-0.1, -0.05) is 12.8 Å². The Kier molecular flexibility index (Phi) is 4.31. The van der Waals surface area contributed by atoms with Gasteiger partial charge in [0.15, 0.2) is 0 Å². The molecule has 1 aliphatic rings. The molecule has 0 radical (unpaired) electrons. The summed E-state index contributed by atoms with van der Waals surface area (Å²) < 4.78 is 0. The van der Waals surface area contributed by atoms with Crippen molar-refractivity contribution >= 4 is 0 Å². The Morgan fingerprint density at radius 1 is 1.00 bits per heavy atom. The Hall–Kier alpha value is 0.688. The number of hydrogen-bond acceptors (Lipinski definition) is 0. The van der Waals surface area contributed by atoms with E-state index in [9.17, 15) is 0 Å². The zero-order valence-corrected chi connectivity index (χ0v) is 5.99. The van der Waals surface area contributed by atoms with E-state index in [1.54, 1.807) is 0 Å². The summed E-state index contributed by atoms with van der Waals surface area (Å²) in [6.45, 7) is 0. The normalized spacial score (nSPS) is 20.0. The first-order valence-electron chi connectivity index (χ1n) is 2.32. The second-order valence-corrected chi connectivity index (χ2v) is 1.57. The van der Waals surface area contributed by atoms with Crippen molar-refractivity contribution in [2.45, 2.75) is 25.7 Å². The second kappa shape index (κ2) is 3.86. The van der Waals surface area contributed by atoms with Crippen molar-refractivity contribution in [3.8, 4) is 0 Å². The third-order valence-corrected chi connectivity index (χ3v) is 1.07. The third-order valence-electron chi connectivity index (χ3n) is 1.07. The topological polar surface area (TPSA) is 0 Å². The molecule has 0 saturated heterocycles. The molecular formula is C5H9Pt-. The summed E-state index contributed by atoms with van der Waals surface area (Å²) >= 11 is 0. The SMILES string of the molecule is [CH-]1CCCC1.[Pt]. The van der Waals surface area contributed by atoms with Crippen LogP contribution in [0.4, 0.5) is 0 Å². The summed E-state index contributed by atoms with van der Waals surface area (Å²) in [7, 11) is 0. The van der Waals surface area contributed by atoms with Gasteiger partial charge in [0.1, 0.15) is 0 Å². The third kappa shape index (κ3) is 1.97. The summed E-state index contributed by atoms with van der Waals surface area (Å²) in [6.07, 6.45) is 8.00. The van der Waals surface area contributed by atoms with Crippen LogP contribution >= 0.6 is 0 Å². The van der Waals surface area contributed by atoms with Gasteiger partial charge in [0.05, 0.1) is 0 Å². The molecule has 1 aliphatic carbocycles. The summed E-state index contributed by atoms with van der Waals surface area (Å²) in [6, 6.07) is 0. The first-order chi connectivity index (χ1) is 2.50. The maximum absolute atomic E-state index is 2.36.